The smallest absolute Gasteiger partial charge is 0.239 e. The molecule has 1 fully saturated rings. The van der Waals surface area contributed by atoms with Gasteiger partial charge in [-0.25, -0.2) is 4.98 Å². The van der Waals surface area contributed by atoms with Crippen molar-refractivity contribution in [3.8, 4) is 0 Å². The van der Waals surface area contributed by atoms with Crippen LogP contribution in [0.3, 0.4) is 0 Å². The molecule has 0 radical (unpaired) electrons. The van der Waals surface area contributed by atoms with Crippen molar-refractivity contribution in [2.75, 3.05) is 18.5 Å². The van der Waals surface area contributed by atoms with Gasteiger partial charge < -0.3 is 15.3 Å². The van der Waals surface area contributed by atoms with E-state index in [9.17, 15) is 9.90 Å². The number of aromatic nitrogens is 1. The van der Waals surface area contributed by atoms with Gasteiger partial charge in [0, 0.05) is 13.2 Å². The Labute approximate surface area is 123 Å². The van der Waals surface area contributed by atoms with Crippen LogP contribution in [0.25, 0.3) is 0 Å². The number of nitrogens with zero attached hydrogens (tertiary/aromatic N) is 2. The molecule has 1 aromatic rings. The molecule has 1 aromatic heterocycles. The Morgan fingerprint density at radius 1 is 1.50 bits per heavy atom. The molecule has 1 aliphatic rings. The summed E-state index contributed by atoms with van der Waals surface area (Å²) in [4.78, 5) is 17.9. The molecule has 6 heteroatoms. The number of anilines is 1. The molecule has 0 aliphatic heterocycles. The fourth-order valence-corrected chi connectivity index (χ4v) is 2.53. The number of aliphatic hydroxyl groups excluding tert-OH is 1. The molecule has 5 nitrogen and oxygen atoms in total. The number of hydrogen-bond acceptors (Lipinski definition) is 4. The number of carbonyl (C=O) groups is 1. The standard InChI is InChI=1S/C14H20ClN3O2/c1-18(13-7-6-10(15)8-16-13)9-14(20)17-11-4-2-3-5-12(11)19/h6-8,11-12,19H,2-5,9H2,1H3,(H,17,20). The second-order valence-corrected chi connectivity index (χ2v) is 5.65. The summed E-state index contributed by atoms with van der Waals surface area (Å²) in [5.41, 5.74) is 0. The first-order valence-electron chi connectivity index (χ1n) is 6.86. The zero-order chi connectivity index (χ0) is 14.5. The highest BCUT2D eigenvalue weighted by Gasteiger charge is 2.24. The van der Waals surface area contributed by atoms with Crippen molar-refractivity contribution in [3.63, 3.8) is 0 Å². The largest absolute Gasteiger partial charge is 0.391 e. The predicted octanol–water partition coefficient (Wildman–Crippen LogP) is 1.59. The van der Waals surface area contributed by atoms with Crippen LogP contribution >= 0.6 is 11.6 Å². The summed E-state index contributed by atoms with van der Waals surface area (Å²) in [7, 11) is 1.80. The Morgan fingerprint density at radius 2 is 2.25 bits per heavy atom. The van der Waals surface area contributed by atoms with E-state index in [1.165, 1.54) is 0 Å². The molecular weight excluding hydrogens is 278 g/mol. The minimum absolute atomic E-state index is 0.102. The fourth-order valence-electron chi connectivity index (χ4n) is 2.42. The Balaban J connectivity index is 1.85. The highest BCUT2D eigenvalue weighted by molar-refractivity contribution is 6.30. The van der Waals surface area contributed by atoms with E-state index in [1.54, 1.807) is 30.3 Å². The van der Waals surface area contributed by atoms with Crippen LogP contribution in [0, 0.1) is 0 Å². The summed E-state index contributed by atoms with van der Waals surface area (Å²) >= 11 is 5.78. The zero-order valence-electron chi connectivity index (χ0n) is 11.6. The molecule has 1 aliphatic carbocycles. The number of likely N-dealkylation sites (N-methyl/N-ethyl adjacent to an activating group) is 1. The zero-order valence-corrected chi connectivity index (χ0v) is 12.3. The lowest BCUT2D eigenvalue weighted by Crippen LogP contribution is -2.48. The summed E-state index contributed by atoms with van der Waals surface area (Å²) in [6.07, 6.45) is 4.82. The van der Waals surface area contributed by atoms with Gasteiger partial charge in [0.2, 0.25) is 5.91 Å². The van der Waals surface area contributed by atoms with Crippen LogP contribution in [0.15, 0.2) is 18.3 Å². The number of hydrogen-bond donors (Lipinski definition) is 2. The van der Waals surface area contributed by atoms with Gasteiger partial charge in [-0.15, -0.1) is 0 Å². The average molecular weight is 298 g/mol. The average Bonchev–Trinajstić information content (AvgIpc) is 2.42. The van der Waals surface area contributed by atoms with E-state index in [0.717, 1.165) is 25.7 Å². The van der Waals surface area contributed by atoms with Crippen LogP contribution in [0.1, 0.15) is 25.7 Å². The van der Waals surface area contributed by atoms with Crippen molar-refractivity contribution in [3.05, 3.63) is 23.4 Å². The van der Waals surface area contributed by atoms with Crippen LogP contribution in [-0.4, -0.2) is 41.7 Å². The molecule has 1 heterocycles. The lowest BCUT2D eigenvalue weighted by molar-refractivity contribution is -0.121. The van der Waals surface area contributed by atoms with Crippen molar-refractivity contribution >= 4 is 23.3 Å². The van der Waals surface area contributed by atoms with Crippen molar-refractivity contribution in [1.29, 1.82) is 0 Å². The first-order chi connectivity index (χ1) is 9.56. The molecule has 2 atom stereocenters. The van der Waals surface area contributed by atoms with E-state index in [-0.39, 0.29) is 18.5 Å². The summed E-state index contributed by atoms with van der Waals surface area (Å²) in [5, 5.41) is 13.3. The SMILES string of the molecule is CN(CC(=O)NC1CCCCC1O)c1ccc(Cl)cn1. The minimum Gasteiger partial charge on any atom is -0.391 e. The molecule has 2 N–H and O–H groups in total. The normalized spacial score (nSPS) is 22.4. The van der Waals surface area contributed by atoms with E-state index in [0.29, 0.717) is 10.8 Å². The first-order valence-corrected chi connectivity index (χ1v) is 7.24. The Kier molecular flexibility index (Phi) is 5.20. The van der Waals surface area contributed by atoms with E-state index < -0.39 is 6.10 Å². The summed E-state index contributed by atoms with van der Waals surface area (Å²) in [6, 6.07) is 3.39. The molecule has 1 amide bonds. The monoisotopic (exact) mass is 297 g/mol. The molecule has 1 saturated carbocycles. The summed E-state index contributed by atoms with van der Waals surface area (Å²) in [6.45, 7) is 0.206. The summed E-state index contributed by atoms with van der Waals surface area (Å²) < 4.78 is 0. The number of pyridine rings is 1. The highest BCUT2D eigenvalue weighted by Crippen LogP contribution is 2.18. The molecule has 110 valence electrons. The number of halogens is 1. The number of amides is 1. The Bertz CT molecular complexity index is 452. The van der Waals surface area contributed by atoms with Gasteiger partial charge in [0.25, 0.3) is 0 Å². The number of aliphatic hydroxyl groups is 1. The number of carbonyl (C=O) groups excluding carboxylic acids is 1. The molecule has 2 rings (SSSR count). The van der Waals surface area contributed by atoms with Crippen LogP contribution < -0.4 is 10.2 Å². The predicted molar refractivity (Wildman–Crippen MR) is 78.9 cm³/mol. The molecule has 0 saturated heterocycles. The maximum absolute atomic E-state index is 12.0. The highest BCUT2D eigenvalue weighted by atomic mass is 35.5. The van der Waals surface area contributed by atoms with Gasteiger partial charge in [-0.1, -0.05) is 24.4 Å². The lowest BCUT2D eigenvalue weighted by Gasteiger charge is -2.29. The maximum atomic E-state index is 12.0. The quantitative estimate of drug-likeness (QED) is 0.886. The minimum atomic E-state index is -0.424. The number of rotatable bonds is 4. The molecule has 20 heavy (non-hydrogen) atoms. The second-order valence-electron chi connectivity index (χ2n) is 5.22. The molecule has 0 bridgehead atoms. The van der Waals surface area contributed by atoms with Crippen LogP contribution in [0.4, 0.5) is 5.82 Å². The van der Waals surface area contributed by atoms with Gasteiger partial charge in [0.05, 0.1) is 23.7 Å². The van der Waals surface area contributed by atoms with E-state index >= 15 is 0 Å². The van der Waals surface area contributed by atoms with Gasteiger partial charge >= 0.3 is 0 Å². The van der Waals surface area contributed by atoms with E-state index in [2.05, 4.69) is 10.3 Å². The van der Waals surface area contributed by atoms with Crippen LogP contribution in [0.5, 0.6) is 0 Å². The van der Waals surface area contributed by atoms with Crippen molar-refractivity contribution in [2.45, 2.75) is 37.8 Å². The van der Waals surface area contributed by atoms with Gasteiger partial charge in [-0.2, -0.15) is 0 Å². The third-order valence-electron chi connectivity index (χ3n) is 3.56. The van der Waals surface area contributed by atoms with Gasteiger partial charge in [0.15, 0.2) is 0 Å². The number of nitrogens with one attached hydrogen (secondary N) is 1. The fraction of sp³-hybridized carbons (Fsp3) is 0.571. The lowest BCUT2D eigenvalue weighted by atomic mass is 9.92. The Morgan fingerprint density at radius 3 is 2.90 bits per heavy atom. The molecule has 0 spiro atoms. The third kappa shape index (κ3) is 4.08. The van der Waals surface area contributed by atoms with Crippen molar-refractivity contribution in [1.82, 2.24) is 10.3 Å². The Hall–Kier alpha value is -1.33. The molecule has 0 aromatic carbocycles. The summed E-state index contributed by atoms with van der Waals surface area (Å²) in [5.74, 6) is 0.587. The maximum Gasteiger partial charge on any atom is 0.239 e. The topological polar surface area (TPSA) is 65.5 Å². The van der Waals surface area contributed by atoms with Gasteiger partial charge in [-0.05, 0) is 25.0 Å². The van der Waals surface area contributed by atoms with Crippen LogP contribution in [-0.2, 0) is 4.79 Å². The third-order valence-corrected chi connectivity index (χ3v) is 3.78. The van der Waals surface area contributed by atoms with Gasteiger partial charge in [-0.3, -0.25) is 4.79 Å². The van der Waals surface area contributed by atoms with Gasteiger partial charge in [0.1, 0.15) is 5.82 Å². The van der Waals surface area contributed by atoms with E-state index in [1.807, 2.05) is 0 Å². The van der Waals surface area contributed by atoms with Crippen molar-refractivity contribution < 1.29 is 9.90 Å². The second kappa shape index (κ2) is 6.90. The first kappa shape index (κ1) is 15.1. The van der Waals surface area contributed by atoms with Crippen LogP contribution in [0.2, 0.25) is 5.02 Å². The molecular formula is C14H20ClN3O2. The van der Waals surface area contributed by atoms with Crippen molar-refractivity contribution in [2.24, 2.45) is 0 Å². The molecule has 2 unspecified atom stereocenters. The van der Waals surface area contributed by atoms with E-state index in [4.69, 9.17) is 11.6 Å².